The summed E-state index contributed by atoms with van der Waals surface area (Å²) in [5, 5.41) is 9.46. The predicted molar refractivity (Wildman–Crippen MR) is 112 cm³/mol. The highest BCUT2D eigenvalue weighted by Crippen LogP contribution is 2.26. The van der Waals surface area contributed by atoms with Crippen LogP contribution in [0.25, 0.3) is 0 Å². The van der Waals surface area contributed by atoms with Crippen LogP contribution >= 0.6 is 0 Å². The zero-order valence-electron chi connectivity index (χ0n) is 17.0. The maximum Gasteiger partial charge on any atom is 0.339 e. The van der Waals surface area contributed by atoms with Crippen LogP contribution in [0.4, 0.5) is 0 Å². The summed E-state index contributed by atoms with van der Waals surface area (Å²) in [7, 11) is 1.62. The fourth-order valence-electron chi connectivity index (χ4n) is 3.02. The van der Waals surface area contributed by atoms with Gasteiger partial charge in [-0.2, -0.15) is 0 Å². The third-order valence-corrected chi connectivity index (χ3v) is 4.56. The molecule has 30 heavy (non-hydrogen) atoms. The molecule has 0 aliphatic carbocycles. The molecule has 8 heteroatoms. The Labute approximate surface area is 175 Å². The molecule has 3 rings (SSSR count). The highest BCUT2D eigenvalue weighted by atomic mass is 16.5. The minimum Gasteiger partial charge on any atom is -0.491 e. The normalized spacial score (nSPS) is 17.6. The van der Waals surface area contributed by atoms with Gasteiger partial charge in [-0.25, -0.2) is 4.79 Å². The van der Waals surface area contributed by atoms with Gasteiger partial charge in [0.05, 0.1) is 25.2 Å². The van der Waals surface area contributed by atoms with E-state index in [1.54, 1.807) is 36.2 Å². The van der Waals surface area contributed by atoms with Crippen LogP contribution in [0.3, 0.4) is 0 Å². The van der Waals surface area contributed by atoms with E-state index in [-0.39, 0.29) is 17.4 Å². The van der Waals surface area contributed by atoms with Gasteiger partial charge < -0.3 is 29.0 Å². The topological polar surface area (TPSA) is 89.8 Å². The Kier molecular flexibility index (Phi) is 7.64. The molecule has 160 valence electrons. The number of aliphatic imine (C=N–C) groups is 1. The van der Waals surface area contributed by atoms with Crippen LogP contribution < -0.4 is 9.47 Å². The van der Waals surface area contributed by atoms with E-state index in [1.807, 2.05) is 0 Å². The minimum atomic E-state index is -1.10. The number of benzene rings is 1. The average molecular weight is 414 g/mol. The first kappa shape index (κ1) is 21.6. The number of hydrogen-bond acceptors (Lipinski definition) is 6. The molecule has 0 radical (unpaired) electrons. The summed E-state index contributed by atoms with van der Waals surface area (Å²) in [4.78, 5) is 17.1. The number of nitrogens with zero attached hydrogens (tertiary/aromatic N) is 2. The summed E-state index contributed by atoms with van der Waals surface area (Å²) in [5.74, 6) is 0.256. The number of carboxylic acids is 1. The van der Waals surface area contributed by atoms with Crippen molar-refractivity contribution in [1.82, 2.24) is 4.90 Å². The Hall–Kier alpha value is -3.10. The molecule has 0 unspecified atom stereocenters. The van der Waals surface area contributed by atoms with Crippen LogP contribution in [0.15, 0.2) is 65.1 Å². The second-order valence-electron chi connectivity index (χ2n) is 6.73. The molecule has 1 saturated heterocycles. The molecule has 2 aliphatic rings. The number of carboxylic acid groups (broad SMARTS) is 1. The third kappa shape index (κ3) is 5.95. The van der Waals surface area contributed by atoms with Gasteiger partial charge in [-0.15, -0.1) is 0 Å². The first-order valence-electron chi connectivity index (χ1n) is 9.73. The fourth-order valence-corrected chi connectivity index (χ4v) is 3.02. The van der Waals surface area contributed by atoms with E-state index in [2.05, 4.69) is 11.6 Å². The van der Waals surface area contributed by atoms with E-state index >= 15 is 0 Å². The Morgan fingerprint density at radius 3 is 2.63 bits per heavy atom. The van der Waals surface area contributed by atoms with Crippen molar-refractivity contribution in [2.24, 2.45) is 4.99 Å². The quantitative estimate of drug-likeness (QED) is 0.377. The molecule has 0 atom stereocenters. The van der Waals surface area contributed by atoms with Gasteiger partial charge in [0.25, 0.3) is 0 Å². The largest absolute Gasteiger partial charge is 0.491 e. The molecule has 0 saturated carbocycles. The van der Waals surface area contributed by atoms with E-state index in [4.69, 9.17) is 18.9 Å². The van der Waals surface area contributed by atoms with E-state index in [1.165, 1.54) is 18.6 Å². The van der Waals surface area contributed by atoms with E-state index in [9.17, 15) is 9.90 Å². The van der Waals surface area contributed by atoms with Crippen molar-refractivity contribution < 1.29 is 28.8 Å². The van der Waals surface area contributed by atoms with Crippen molar-refractivity contribution in [2.75, 3.05) is 33.5 Å². The summed E-state index contributed by atoms with van der Waals surface area (Å²) < 4.78 is 22.6. The summed E-state index contributed by atoms with van der Waals surface area (Å²) >= 11 is 0. The Morgan fingerprint density at radius 2 is 1.97 bits per heavy atom. The van der Waals surface area contributed by atoms with Gasteiger partial charge in [0.2, 0.25) is 0 Å². The van der Waals surface area contributed by atoms with Gasteiger partial charge in [0.15, 0.2) is 5.76 Å². The van der Waals surface area contributed by atoms with Crippen molar-refractivity contribution in [1.29, 1.82) is 0 Å². The predicted octanol–water partition coefficient (Wildman–Crippen LogP) is 2.98. The zero-order valence-corrected chi connectivity index (χ0v) is 17.0. The Morgan fingerprint density at radius 1 is 1.27 bits per heavy atom. The van der Waals surface area contributed by atoms with Crippen molar-refractivity contribution in [3.05, 3.63) is 60.1 Å². The molecule has 1 fully saturated rings. The highest BCUT2D eigenvalue weighted by molar-refractivity contribution is 5.92. The maximum absolute atomic E-state index is 11.6. The molecule has 0 bridgehead atoms. The lowest BCUT2D eigenvalue weighted by atomic mass is 10.1. The molecular weight excluding hydrogens is 388 g/mol. The lowest BCUT2D eigenvalue weighted by molar-refractivity contribution is -0.132. The second kappa shape index (κ2) is 10.6. The van der Waals surface area contributed by atoms with Crippen LogP contribution in [0.1, 0.15) is 12.8 Å². The third-order valence-electron chi connectivity index (χ3n) is 4.56. The first-order chi connectivity index (χ1) is 14.6. The molecular formula is C22H26N2O6. The van der Waals surface area contributed by atoms with E-state index in [0.717, 1.165) is 26.1 Å². The SMILES string of the molecule is C=C1C=C(C(=O)O)C(Oc2ccc(OCCOC3CCOCC3)cc2)=CN1C=NC. The second-order valence-corrected chi connectivity index (χ2v) is 6.73. The zero-order chi connectivity index (χ0) is 21.3. The van der Waals surface area contributed by atoms with Crippen LogP contribution in [0.5, 0.6) is 11.5 Å². The molecule has 1 N–H and O–H groups in total. The van der Waals surface area contributed by atoms with Crippen LogP contribution in [-0.2, 0) is 14.3 Å². The van der Waals surface area contributed by atoms with Crippen molar-refractivity contribution in [3.8, 4) is 11.5 Å². The number of hydrogen-bond donors (Lipinski definition) is 1. The fraction of sp³-hybridized carbons (Fsp3) is 0.364. The maximum atomic E-state index is 11.6. The summed E-state index contributed by atoms with van der Waals surface area (Å²) in [6.45, 7) is 6.29. The summed E-state index contributed by atoms with van der Waals surface area (Å²) in [5.41, 5.74) is 0.503. The molecule has 1 aromatic rings. The molecule has 8 nitrogen and oxygen atoms in total. The lowest BCUT2D eigenvalue weighted by Gasteiger charge is -2.23. The molecule has 0 amide bonds. The Balaban J connectivity index is 1.54. The number of aliphatic carboxylic acids is 1. The minimum absolute atomic E-state index is 0.0198. The van der Waals surface area contributed by atoms with Gasteiger partial charge in [-0.1, -0.05) is 6.58 Å². The number of rotatable bonds is 9. The van der Waals surface area contributed by atoms with E-state index < -0.39 is 5.97 Å². The van der Waals surface area contributed by atoms with Crippen LogP contribution in [0, 0.1) is 0 Å². The van der Waals surface area contributed by atoms with Crippen LogP contribution in [-0.4, -0.2) is 61.9 Å². The number of ether oxygens (including phenoxy) is 4. The first-order valence-corrected chi connectivity index (χ1v) is 9.73. The van der Waals surface area contributed by atoms with Crippen LogP contribution in [0.2, 0.25) is 0 Å². The monoisotopic (exact) mass is 414 g/mol. The van der Waals surface area contributed by atoms with Gasteiger partial charge in [-0.3, -0.25) is 4.99 Å². The molecule has 2 heterocycles. The molecule has 0 spiro atoms. The number of allylic oxidation sites excluding steroid dienone is 1. The smallest absolute Gasteiger partial charge is 0.339 e. The molecule has 1 aromatic carbocycles. The standard InChI is InChI=1S/C22H26N2O6/c1-16-13-20(22(25)26)21(14-24(16)15-23-2)30-19-5-3-17(4-6-19)28-11-12-29-18-7-9-27-10-8-18/h3-6,13-15,18H,1,7-12H2,2H3,(H,25,26). The average Bonchev–Trinajstić information content (AvgIpc) is 2.75. The molecule has 0 aromatic heterocycles. The van der Waals surface area contributed by atoms with Gasteiger partial charge in [0.1, 0.15) is 23.7 Å². The van der Waals surface area contributed by atoms with Crippen molar-refractivity contribution in [2.45, 2.75) is 18.9 Å². The van der Waals surface area contributed by atoms with Gasteiger partial charge in [-0.05, 0) is 43.2 Å². The summed E-state index contributed by atoms with van der Waals surface area (Å²) in [6.07, 6.45) is 6.59. The van der Waals surface area contributed by atoms with Crippen molar-refractivity contribution in [3.63, 3.8) is 0 Å². The van der Waals surface area contributed by atoms with Gasteiger partial charge in [0, 0.05) is 26.0 Å². The lowest BCUT2D eigenvalue weighted by Crippen LogP contribution is -2.25. The molecule has 2 aliphatic heterocycles. The highest BCUT2D eigenvalue weighted by Gasteiger charge is 2.22. The van der Waals surface area contributed by atoms with E-state index in [0.29, 0.717) is 30.4 Å². The van der Waals surface area contributed by atoms with Crippen molar-refractivity contribution >= 4 is 12.3 Å². The number of carbonyl (C=O) groups is 1. The summed E-state index contributed by atoms with van der Waals surface area (Å²) in [6, 6.07) is 6.97. The Bertz CT molecular complexity index is 838. The van der Waals surface area contributed by atoms with Gasteiger partial charge >= 0.3 is 5.97 Å².